The van der Waals surface area contributed by atoms with E-state index in [-0.39, 0.29) is 31.8 Å². The zero-order valence-corrected chi connectivity index (χ0v) is 13.5. The number of rotatable bonds is 3. The number of hydrogen-bond donors (Lipinski definition) is 0. The minimum atomic E-state index is -1.28. The molecule has 1 aromatic rings. The Morgan fingerprint density at radius 2 is 2.05 bits per heavy atom. The first kappa shape index (κ1) is 14.4. The predicted octanol–water partition coefficient (Wildman–Crippen LogP) is 1.10. The van der Waals surface area contributed by atoms with Gasteiger partial charge in [-0.3, -0.25) is 0 Å². The maximum atomic E-state index is 12.4. The van der Waals surface area contributed by atoms with Crippen molar-refractivity contribution in [3.63, 3.8) is 0 Å². The summed E-state index contributed by atoms with van der Waals surface area (Å²) in [6.45, 7) is 2.04. The maximum absolute atomic E-state index is 12.4. The molecule has 2 heterocycles. The van der Waals surface area contributed by atoms with Crippen LogP contribution in [0.25, 0.3) is 0 Å². The average Bonchev–Trinajstić information content (AvgIpc) is 2.51. The van der Waals surface area contributed by atoms with Gasteiger partial charge in [-0.1, -0.05) is 0 Å². The first-order valence-corrected chi connectivity index (χ1v) is 8.64. The molecule has 0 aromatic heterocycles. The summed E-state index contributed by atoms with van der Waals surface area (Å²) < 4.78 is 11.5. The number of hydrogen-bond acceptors (Lipinski definition) is 4. The summed E-state index contributed by atoms with van der Waals surface area (Å²) in [5.41, 5.74) is -1.28. The van der Waals surface area contributed by atoms with Crippen LogP contribution in [0.5, 0.6) is 0 Å². The van der Waals surface area contributed by atoms with E-state index in [4.69, 9.17) is 9.47 Å². The van der Waals surface area contributed by atoms with E-state index in [1.807, 2.05) is 43.3 Å². The molecule has 4 atom stereocenters. The third-order valence-electron chi connectivity index (χ3n) is 4.10. The monoisotopic (exact) mass is 352 g/mol. The molecule has 0 saturated carbocycles. The van der Waals surface area contributed by atoms with Gasteiger partial charge in [-0.15, -0.1) is 0 Å². The van der Waals surface area contributed by atoms with Crippen LogP contribution in [0.1, 0.15) is 6.92 Å². The topological polar surface area (TPSA) is 52.6 Å². The van der Waals surface area contributed by atoms with Crippen molar-refractivity contribution in [2.75, 3.05) is 7.11 Å². The number of fused-ring (bicyclic) bond motifs is 2. The van der Waals surface area contributed by atoms with E-state index in [2.05, 4.69) is 0 Å². The molecular weight excluding hydrogens is 335 g/mol. The molecule has 1 aliphatic carbocycles. The fourth-order valence-corrected chi connectivity index (χ4v) is 5.95. The van der Waals surface area contributed by atoms with Crippen LogP contribution >= 0.6 is 0 Å². The van der Waals surface area contributed by atoms with Crippen molar-refractivity contribution in [2.24, 2.45) is 11.3 Å². The van der Waals surface area contributed by atoms with E-state index < -0.39 is 17.4 Å². The number of benzene rings is 1. The van der Waals surface area contributed by atoms with E-state index in [0.29, 0.717) is 0 Å². The molecule has 1 fully saturated rings. The Bertz CT molecular complexity index is 598. The van der Waals surface area contributed by atoms with Crippen LogP contribution in [0.2, 0.25) is 4.82 Å². The second kappa shape index (κ2) is 5.32. The van der Waals surface area contributed by atoms with Crippen LogP contribution in [0.3, 0.4) is 0 Å². The van der Waals surface area contributed by atoms with Crippen LogP contribution in [-0.2, 0) is 19.1 Å². The second-order valence-electron chi connectivity index (χ2n) is 5.30. The Labute approximate surface area is 129 Å². The van der Waals surface area contributed by atoms with Gasteiger partial charge in [-0.2, -0.15) is 0 Å². The van der Waals surface area contributed by atoms with Gasteiger partial charge in [0.1, 0.15) is 0 Å². The van der Waals surface area contributed by atoms with Crippen LogP contribution < -0.4 is 4.46 Å². The normalized spacial score (nSPS) is 33.6. The van der Waals surface area contributed by atoms with Gasteiger partial charge in [0.2, 0.25) is 0 Å². The number of esters is 2. The molecule has 4 nitrogen and oxygen atoms in total. The number of methoxy groups -OCH3 is 1. The predicted molar refractivity (Wildman–Crippen MR) is 78.2 cm³/mol. The van der Waals surface area contributed by atoms with Gasteiger partial charge in [0, 0.05) is 0 Å². The van der Waals surface area contributed by atoms with Crippen molar-refractivity contribution in [1.82, 2.24) is 0 Å². The summed E-state index contributed by atoms with van der Waals surface area (Å²) in [5, 5.41) is 0. The fourth-order valence-electron chi connectivity index (χ4n) is 2.94. The summed E-state index contributed by atoms with van der Waals surface area (Å²) in [7, 11) is 1.32. The summed E-state index contributed by atoms with van der Waals surface area (Å²) in [5.74, 6) is -0.883. The van der Waals surface area contributed by atoms with Crippen molar-refractivity contribution in [3.05, 3.63) is 42.5 Å². The van der Waals surface area contributed by atoms with Gasteiger partial charge in [0.15, 0.2) is 0 Å². The van der Waals surface area contributed by atoms with Gasteiger partial charge in [0.25, 0.3) is 0 Å². The van der Waals surface area contributed by atoms with Crippen molar-refractivity contribution in [1.29, 1.82) is 0 Å². The fraction of sp³-hybridized carbons (Fsp3) is 0.375. The van der Waals surface area contributed by atoms with Gasteiger partial charge in [0.05, 0.1) is 0 Å². The molecule has 0 radical (unpaired) electrons. The molecule has 4 rings (SSSR count). The molecule has 0 unspecified atom stereocenters. The summed E-state index contributed by atoms with van der Waals surface area (Å²) in [6.07, 6.45) is 3.28. The molecule has 0 spiro atoms. The van der Waals surface area contributed by atoms with E-state index in [0.717, 1.165) is 0 Å². The molecule has 1 aromatic carbocycles. The second-order valence-corrected chi connectivity index (χ2v) is 7.85. The molecule has 0 amide bonds. The first-order valence-electron chi connectivity index (χ1n) is 6.80. The van der Waals surface area contributed by atoms with Crippen molar-refractivity contribution < 1.29 is 19.1 Å². The molecule has 110 valence electrons. The molecule has 3 aliphatic rings. The first-order chi connectivity index (χ1) is 10.1. The molecule has 0 N–H and O–H groups in total. The van der Waals surface area contributed by atoms with Crippen molar-refractivity contribution in [2.45, 2.75) is 17.8 Å². The Balaban J connectivity index is 2.02. The molecule has 5 heteroatoms. The summed E-state index contributed by atoms with van der Waals surface area (Å²) in [4.78, 5) is 24.6. The van der Waals surface area contributed by atoms with Crippen molar-refractivity contribution in [3.8, 4) is 0 Å². The number of ether oxygens (including phenoxy) is 2. The average molecular weight is 351 g/mol. The standard InChI is InChI=1S/C16H16O4Se/c1-10-12-8-9-16(14(17)19-2,15(18)20-12)13(10)21-11-6-4-3-5-7-11/h3-10,12-13H,1-2H3/t10-,12+,13-,16-/m0/s1. The Morgan fingerprint density at radius 3 is 2.67 bits per heavy atom. The zero-order chi connectivity index (χ0) is 15.0. The third-order valence-corrected chi connectivity index (χ3v) is 7.46. The van der Waals surface area contributed by atoms with Gasteiger partial charge < -0.3 is 0 Å². The van der Waals surface area contributed by atoms with Gasteiger partial charge in [-0.25, -0.2) is 0 Å². The van der Waals surface area contributed by atoms with Crippen LogP contribution in [-0.4, -0.2) is 40.1 Å². The molecule has 2 aliphatic heterocycles. The minimum absolute atomic E-state index is 0.0166. The van der Waals surface area contributed by atoms with Crippen LogP contribution in [0.15, 0.2) is 42.5 Å². The van der Waals surface area contributed by atoms with E-state index in [1.54, 1.807) is 6.08 Å². The van der Waals surface area contributed by atoms with Crippen LogP contribution in [0.4, 0.5) is 0 Å². The Hall–Kier alpha value is -1.58. The SMILES string of the molecule is COC(=O)[C@@]12C=C[C@@H](OC1=O)[C@H](C)[C@@H]2[Se]c1ccccc1. The third kappa shape index (κ3) is 2.12. The number of carbonyl (C=O) groups excluding carboxylic acids is 2. The molecule has 2 bridgehead atoms. The molecule has 1 saturated heterocycles. The Kier molecular flexibility index (Phi) is 3.64. The quantitative estimate of drug-likeness (QED) is 0.354. The number of carbonyl (C=O) groups is 2. The van der Waals surface area contributed by atoms with E-state index in [1.165, 1.54) is 11.6 Å². The zero-order valence-electron chi connectivity index (χ0n) is 11.8. The Morgan fingerprint density at radius 1 is 1.33 bits per heavy atom. The molecular formula is C16H16O4Se. The van der Waals surface area contributed by atoms with Gasteiger partial charge in [-0.05, 0) is 0 Å². The molecule has 21 heavy (non-hydrogen) atoms. The summed E-state index contributed by atoms with van der Waals surface area (Å²) >= 11 is -0.0166. The van der Waals surface area contributed by atoms with E-state index >= 15 is 0 Å². The van der Waals surface area contributed by atoms with E-state index in [9.17, 15) is 9.59 Å². The van der Waals surface area contributed by atoms with Gasteiger partial charge >= 0.3 is 129 Å². The summed E-state index contributed by atoms with van der Waals surface area (Å²) in [6, 6.07) is 9.98. The van der Waals surface area contributed by atoms with Crippen LogP contribution in [0, 0.1) is 11.3 Å². The van der Waals surface area contributed by atoms with Crippen molar-refractivity contribution >= 4 is 31.4 Å².